The van der Waals surface area contributed by atoms with Crippen molar-refractivity contribution in [3.63, 3.8) is 0 Å². The minimum absolute atomic E-state index is 0.0757. The molecule has 2 atom stereocenters. The molecule has 0 saturated heterocycles. The highest BCUT2D eigenvalue weighted by atomic mass is 16.6. The maximum absolute atomic E-state index is 11.9. The zero-order valence-electron chi connectivity index (χ0n) is 18.0. The van der Waals surface area contributed by atoms with E-state index >= 15 is 0 Å². The second kappa shape index (κ2) is 8.70. The summed E-state index contributed by atoms with van der Waals surface area (Å²) in [4.78, 5) is 23.4. The van der Waals surface area contributed by atoms with Gasteiger partial charge in [-0.1, -0.05) is 6.07 Å². The van der Waals surface area contributed by atoms with E-state index in [0.717, 1.165) is 0 Å². The number of fused-ring (bicyclic) bond motifs is 3. The Bertz CT molecular complexity index is 1210. The van der Waals surface area contributed by atoms with Crippen LogP contribution >= 0.6 is 0 Å². The first-order valence-corrected chi connectivity index (χ1v) is 9.78. The number of hydrogen-bond donors (Lipinski definition) is 0. The highest BCUT2D eigenvalue weighted by Crippen LogP contribution is 2.50. The number of methoxy groups -OCH3 is 3. The Hall–Kier alpha value is -3.88. The van der Waals surface area contributed by atoms with Crippen LogP contribution in [0.15, 0.2) is 45.6 Å². The van der Waals surface area contributed by atoms with Gasteiger partial charge < -0.3 is 32.8 Å². The Labute approximate surface area is 183 Å². The highest BCUT2D eigenvalue weighted by molar-refractivity contribution is 5.88. The number of benzene rings is 2. The van der Waals surface area contributed by atoms with Gasteiger partial charge in [0.1, 0.15) is 6.61 Å². The van der Waals surface area contributed by atoms with Gasteiger partial charge in [0.15, 0.2) is 35.0 Å². The van der Waals surface area contributed by atoms with Gasteiger partial charge in [0.2, 0.25) is 11.5 Å². The lowest BCUT2D eigenvalue weighted by Crippen LogP contribution is -2.37. The molecule has 3 aromatic rings. The average molecular weight is 442 g/mol. The summed E-state index contributed by atoms with van der Waals surface area (Å²) in [7, 11) is 4.56. The minimum atomic E-state index is -0.720. The van der Waals surface area contributed by atoms with Crippen LogP contribution in [0.4, 0.5) is 0 Å². The smallest absolute Gasteiger partial charge is 0.336 e. The van der Waals surface area contributed by atoms with Gasteiger partial charge in [0.25, 0.3) is 0 Å². The Kier molecular flexibility index (Phi) is 5.81. The second-order valence-electron chi connectivity index (χ2n) is 7.02. The SMILES string of the molecule is COc1ccc([C@H]2Oc3c(c(OC)cc4ccc(=O)oc34)O[C@@H]2COC(C)=O)cc1OC. The molecule has 0 saturated carbocycles. The monoisotopic (exact) mass is 442 g/mol. The summed E-state index contributed by atoms with van der Waals surface area (Å²) in [6.45, 7) is 1.24. The third kappa shape index (κ3) is 3.89. The standard InChI is InChI=1S/C23H22O9/c1-12(24)29-11-18-20(13-5-7-15(26-2)16(9-13)27-3)32-23-21-14(6-8-19(25)31-21)10-17(28-4)22(23)30-18/h5-10,18,20H,11H2,1-4H3/t18-,20-/m1/s1. The molecule has 2 aromatic carbocycles. The molecular formula is C23H22O9. The van der Waals surface area contributed by atoms with Crippen LogP contribution in [0.3, 0.4) is 0 Å². The Morgan fingerprint density at radius 2 is 1.66 bits per heavy atom. The molecule has 9 heteroatoms. The van der Waals surface area contributed by atoms with E-state index < -0.39 is 23.8 Å². The Morgan fingerprint density at radius 1 is 0.906 bits per heavy atom. The van der Waals surface area contributed by atoms with Crippen LogP contribution in [0.2, 0.25) is 0 Å². The lowest BCUT2D eigenvalue weighted by molar-refractivity contribution is -0.145. The molecule has 0 amide bonds. The highest BCUT2D eigenvalue weighted by Gasteiger charge is 2.38. The summed E-state index contributed by atoms with van der Waals surface area (Å²) in [6.07, 6.45) is -1.44. The Balaban J connectivity index is 1.86. The van der Waals surface area contributed by atoms with E-state index in [-0.39, 0.29) is 23.7 Å². The molecule has 0 N–H and O–H groups in total. The Morgan fingerprint density at radius 3 is 2.34 bits per heavy atom. The maximum atomic E-state index is 11.9. The number of rotatable bonds is 6. The molecule has 2 heterocycles. The van der Waals surface area contributed by atoms with E-state index in [4.69, 9.17) is 32.8 Å². The molecule has 0 fully saturated rings. The first-order valence-electron chi connectivity index (χ1n) is 9.78. The zero-order chi connectivity index (χ0) is 22.8. The minimum Gasteiger partial charge on any atom is -0.493 e. The van der Waals surface area contributed by atoms with Crippen molar-refractivity contribution < 1.29 is 37.6 Å². The largest absolute Gasteiger partial charge is 0.493 e. The third-order valence-electron chi connectivity index (χ3n) is 5.05. The predicted molar refractivity (Wildman–Crippen MR) is 113 cm³/mol. The first-order chi connectivity index (χ1) is 15.4. The summed E-state index contributed by atoms with van der Waals surface area (Å²) in [5, 5.41) is 0.605. The van der Waals surface area contributed by atoms with Gasteiger partial charge in [-0.25, -0.2) is 4.79 Å². The van der Waals surface area contributed by atoms with Gasteiger partial charge >= 0.3 is 11.6 Å². The number of carbonyl (C=O) groups excluding carboxylic acids is 1. The van der Waals surface area contributed by atoms with E-state index in [9.17, 15) is 9.59 Å². The van der Waals surface area contributed by atoms with Gasteiger partial charge in [0, 0.05) is 23.9 Å². The molecule has 0 spiro atoms. The molecule has 1 aliphatic rings. The predicted octanol–water partition coefficient (Wildman–Crippen LogP) is 3.26. The van der Waals surface area contributed by atoms with Crippen LogP contribution in [-0.2, 0) is 9.53 Å². The molecule has 1 aliphatic heterocycles. The van der Waals surface area contributed by atoms with E-state index in [1.165, 1.54) is 34.3 Å². The van der Waals surface area contributed by atoms with Crippen molar-refractivity contribution in [3.05, 3.63) is 52.4 Å². The number of esters is 1. The normalized spacial score (nSPS) is 17.0. The van der Waals surface area contributed by atoms with Gasteiger partial charge in [-0.05, 0) is 24.3 Å². The lowest BCUT2D eigenvalue weighted by Gasteiger charge is -2.34. The zero-order valence-corrected chi connectivity index (χ0v) is 18.0. The van der Waals surface area contributed by atoms with E-state index in [0.29, 0.717) is 28.2 Å². The molecular weight excluding hydrogens is 420 g/mol. The van der Waals surface area contributed by atoms with Crippen molar-refractivity contribution in [1.29, 1.82) is 0 Å². The summed E-state index contributed by atoms with van der Waals surface area (Å²) < 4.78 is 39.3. The van der Waals surface area contributed by atoms with E-state index in [2.05, 4.69) is 0 Å². The van der Waals surface area contributed by atoms with Gasteiger partial charge in [0.05, 0.1) is 21.3 Å². The number of carbonyl (C=O) groups is 1. The van der Waals surface area contributed by atoms with Crippen LogP contribution in [0, 0.1) is 0 Å². The number of hydrogen-bond acceptors (Lipinski definition) is 9. The van der Waals surface area contributed by atoms with Gasteiger partial charge in [-0.15, -0.1) is 0 Å². The van der Waals surface area contributed by atoms with Gasteiger partial charge in [-0.2, -0.15) is 0 Å². The van der Waals surface area contributed by atoms with E-state index in [1.54, 1.807) is 30.3 Å². The summed E-state index contributed by atoms with van der Waals surface area (Å²) in [5.74, 6) is 1.44. The second-order valence-corrected chi connectivity index (χ2v) is 7.02. The van der Waals surface area contributed by atoms with Crippen LogP contribution in [0.5, 0.6) is 28.7 Å². The first kappa shape index (κ1) is 21.4. The molecule has 32 heavy (non-hydrogen) atoms. The molecule has 0 aliphatic carbocycles. The molecule has 1 aromatic heterocycles. The lowest BCUT2D eigenvalue weighted by atomic mass is 10.0. The van der Waals surface area contributed by atoms with Crippen LogP contribution in [0.1, 0.15) is 18.6 Å². The molecule has 0 bridgehead atoms. The van der Waals surface area contributed by atoms with Crippen molar-refractivity contribution in [2.75, 3.05) is 27.9 Å². The van der Waals surface area contributed by atoms with Crippen LogP contribution in [-0.4, -0.2) is 40.0 Å². The van der Waals surface area contributed by atoms with Crippen LogP contribution in [0.25, 0.3) is 11.0 Å². The third-order valence-corrected chi connectivity index (χ3v) is 5.05. The van der Waals surface area contributed by atoms with E-state index in [1.807, 2.05) is 0 Å². The van der Waals surface area contributed by atoms with Gasteiger partial charge in [-0.3, -0.25) is 4.79 Å². The fraction of sp³-hybridized carbons (Fsp3) is 0.304. The molecule has 9 nitrogen and oxygen atoms in total. The number of ether oxygens (including phenoxy) is 6. The summed E-state index contributed by atoms with van der Waals surface area (Å²) >= 11 is 0. The molecule has 4 rings (SSSR count). The van der Waals surface area contributed by atoms with Crippen molar-refractivity contribution in [1.82, 2.24) is 0 Å². The van der Waals surface area contributed by atoms with Crippen LogP contribution < -0.4 is 29.3 Å². The molecule has 0 radical (unpaired) electrons. The van der Waals surface area contributed by atoms with Crippen molar-refractivity contribution in [3.8, 4) is 28.7 Å². The van der Waals surface area contributed by atoms with Crippen molar-refractivity contribution >= 4 is 16.9 Å². The maximum Gasteiger partial charge on any atom is 0.336 e. The average Bonchev–Trinajstić information content (AvgIpc) is 2.81. The summed E-state index contributed by atoms with van der Waals surface area (Å²) in [5.41, 5.74) is 0.377. The molecule has 168 valence electrons. The summed E-state index contributed by atoms with van der Waals surface area (Å²) in [6, 6.07) is 9.88. The quantitative estimate of drug-likeness (QED) is 0.420. The molecule has 0 unspecified atom stereocenters. The van der Waals surface area contributed by atoms with Crippen molar-refractivity contribution in [2.24, 2.45) is 0 Å². The topological polar surface area (TPSA) is 103 Å². The fourth-order valence-electron chi connectivity index (χ4n) is 3.56. The fourth-order valence-corrected chi connectivity index (χ4v) is 3.56. The van der Waals surface area contributed by atoms with Crippen molar-refractivity contribution in [2.45, 2.75) is 19.1 Å².